The van der Waals surface area contributed by atoms with Gasteiger partial charge in [0.05, 0.1) is 0 Å². The third-order valence-corrected chi connectivity index (χ3v) is 3.68. The van der Waals surface area contributed by atoms with Gasteiger partial charge >= 0.3 is 0 Å². The lowest BCUT2D eigenvalue weighted by Gasteiger charge is -2.09. The number of hydrogen-bond acceptors (Lipinski definition) is 3. The van der Waals surface area contributed by atoms with Gasteiger partial charge in [-0.1, -0.05) is 30.3 Å². The molecule has 0 aliphatic rings. The van der Waals surface area contributed by atoms with Crippen molar-refractivity contribution in [3.05, 3.63) is 90.0 Å². The highest BCUT2D eigenvalue weighted by Crippen LogP contribution is 2.12. The number of halogens is 1. The molecule has 5 heteroatoms. The Morgan fingerprint density at radius 2 is 1.72 bits per heavy atom. The Morgan fingerprint density at radius 1 is 0.960 bits per heavy atom. The molecule has 0 unspecified atom stereocenters. The van der Waals surface area contributed by atoms with Gasteiger partial charge in [-0.25, -0.2) is 4.39 Å². The summed E-state index contributed by atoms with van der Waals surface area (Å²) in [6.45, 7) is 0.757. The molecule has 0 saturated heterocycles. The summed E-state index contributed by atoms with van der Waals surface area (Å²) in [5, 5.41) is 5.99. The quantitative estimate of drug-likeness (QED) is 0.712. The van der Waals surface area contributed by atoms with Crippen LogP contribution >= 0.6 is 0 Å². The number of nitrogens with zero attached hydrogens (tertiary/aromatic N) is 1. The predicted molar refractivity (Wildman–Crippen MR) is 97.2 cm³/mol. The van der Waals surface area contributed by atoms with Crippen molar-refractivity contribution in [1.82, 2.24) is 4.98 Å². The number of rotatable bonds is 6. The molecule has 1 heterocycles. The van der Waals surface area contributed by atoms with Gasteiger partial charge in [0, 0.05) is 24.1 Å². The molecular formula is C20H18FN3O. The molecule has 2 aromatic carbocycles. The second-order valence-corrected chi connectivity index (χ2v) is 5.55. The summed E-state index contributed by atoms with van der Waals surface area (Å²) in [4.78, 5) is 16.3. The summed E-state index contributed by atoms with van der Waals surface area (Å²) < 4.78 is 12.9. The fourth-order valence-electron chi connectivity index (χ4n) is 2.39. The Balaban J connectivity index is 1.58. The maximum Gasteiger partial charge on any atom is 0.274 e. The van der Waals surface area contributed by atoms with Gasteiger partial charge in [-0.3, -0.25) is 9.78 Å². The van der Waals surface area contributed by atoms with Gasteiger partial charge in [0.25, 0.3) is 5.91 Å². The van der Waals surface area contributed by atoms with Crippen LogP contribution in [0.25, 0.3) is 0 Å². The molecule has 0 fully saturated rings. The number of benzene rings is 2. The molecule has 0 atom stereocenters. The van der Waals surface area contributed by atoms with E-state index in [0.29, 0.717) is 11.4 Å². The summed E-state index contributed by atoms with van der Waals surface area (Å²) in [6.07, 6.45) is 2.48. The smallest absolute Gasteiger partial charge is 0.274 e. The first-order valence-corrected chi connectivity index (χ1v) is 8.01. The molecule has 2 N–H and O–H groups in total. The van der Waals surface area contributed by atoms with E-state index in [1.165, 1.54) is 29.8 Å². The number of amides is 1. The molecule has 0 saturated carbocycles. The van der Waals surface area contributed by atoms with Gasteiger partial charge < -0.3 is 10.6 Å². The molecule has 0 bridgehead atoms. The van der Waals surface area contributed by atoms with E-state index in [1.54, 1.807) is 12.3 Å². The second kappa shape index (κ2) is 8.06. The van der Waals surface area contributed by atoms with Crippen LogP contribution in [-0.2, 0) is 6.42 Å². The van der Waals surface area contributed by atoms with Crippen molar-refractivity contribution in [1.29, 1.82) is 0 Å². The number of nitrogens with one attached hydrogen (secondary N) is 2. The van der Waals surface area contributed by atoms with Gasteiger partial charge in [0.1, 0.15) is 11.5 Å². The van der Waals surface area contributed by atoms with Crippen molar-refractivity contribution in [2.24, 2.45) is 0 Å². The van der Waals surface area contributed by atoms with E-state index >= 15 is 0 Å². The van der Waals surface area contributed by atoms with E-state index in [-0.39, 0.29) is 11.7 Å². The molecule has 3 aromatic rings. The number of pyridine rings is 1. The van der Waals surface area contributed by atoms with Gasteiger partial charge in [-0.05, 0) is 48.4 Å². The van der Waals surface area contributed by atoms with Crippen LogP contribution in [-0.4, -0.2) is 17.4 Å². The zero-order valence-corrected chi connectivity index (χ0v) is 13.6. The van der Waals surface area contributed by atoms with Crippen LogP contribution in [0.2, 0.25) is 0 Å². The molecule has 0 spiro atoms. The zero-order chi connectivity index (χ0) is 17.5. The van der Waals surface area contributed by atoms with Crippen molar-refractivity contribution in [3.8, 4) is 0 Å². The Bertz CT molecular complexity index is 835. The highest BCUT2D eigenvalue weighted by molar-refractivity contribution is 6.03. The van der Waals surface area contributed by atoms with Crippen LogP contribution in [0, 0.1) is 5.82 Å². The Kier molecular flexibility index (Phi) is 5.36. The number of carbonyl (C=O) groups excluding carboxylic acids is 1. The van der Waals surface area contributed by atoms with Crippen molar-refractivity contribution >= 4 is 17.3 Å². The Hall–Kier alpha value is -3.21. The summed E-state index contributed by atoms with van der Waals surface area (Å²) >= 11 is 0. The topological polar surface area (TPSA) is 54.0 Å². The number of carbonyl (C=O) groups is 1. The summed E-state index contributed by atoms with van der Waals surface area (Å²) in [5.74, 6) is -0.681. The van der Waals surface area contributed by atoms with Crippen LogP contribution in [0.1, 0.15) is 16.1 Å². The fraction of sp³-hybridized carbons (Fsp3) is 0.100. The van der Waals surface area contributed by atoms with Crippen molar-refractivity contribution in [2.45, 2.75) is 6.42 Å². The first-order valence-electron chi connectivity index (χ1n) is 8.01. The maximum absolute atomic E-state index is 12.9. The summed E-state index contributed by atoms with van der Waals surface area (Å²) in [5.41, 5.74) is 2.90. The SMILES string of the molecule is O=C(Nc1ccc(F)cc1)c1cc(NCCc2ccccc2)ccn1. The standard InChI is InChI=1S/C20H18FN3O/c21-16-6-8-17(9-7-16)24-20(25)19-14-18(11-13-23-19)22-12-10-15-4-2-1-3-5-15/h1-9,11,13-14H,10,12H2,(H,22,23)(H,24,25). The van der Waals surface area contributed by atoms with E-state index in [0.717, 1.165) is 18.7 Å². The molecule has 0 aliphatic carbocycles. The van der Waals surface area contributed by atoms with Gasteiger partial charge in [-0.15, -0.1) is 0 Å². The molecule has 0 radical (unpaired) electrons. The van der Waals surface area contributed by atoms with E-state index in [9.17, 15) is 9.18 Å². The maximum atomic E-state index is 12.9. The van der Waals surface area contributed by atoms with E-state index in [1.807, 2.05) is 24.3 Å². The minimum atomic E-state index is -0.347. The fourth-order valence-corrected chi connectivity index (χ4v) is 2.39. The monoisotopic (exact) mass is 335 g/mol. The lowest BCUT2D eigenvalue weighted by Crippen LogP contribution is -2.14. The molecule has 3 rings (SSSR count). The van der Waals surface area contributed by atoms with Crippen LogP contribution in [0.15, 0.2) is 72.9 Å². The molecule has 25 heavy (non-hydrogen) atoms. The average molecular weight is 335 g/mol. The van der Waals surface area contributed by atoms with Crippen molar-refractivity contribution in [3.63, 3.8) is 0 Å². The van der Waals surface area contributed by atoms with Gasteiger partial charge in [-0.2, -0.15) is 0 Å². The lowest BCUT2D eigenvalue weighted by molar-refractivity contribution is 0.102. The van der Waals surface area contributed by atoms with Gasteiger partial charge in [0.15, 0.2) is 0 Å². The van der Waals surface area contributed by atoms with Crippen LogP contribution in [0.3, 0.4) is 0 Å². The first-order chi connectivity index (χ1) is 12.2. The first kappa shape index (κ1) is 16.6. The van der Waals surface area contributed by atoms with E-state index < -0.39 is 0 Å². The molecule has 1 amide bonds. The Morgan fingerprint density at radius 3 is 2.48 bits per heavy atom. The zero-order valence-electron chi connectivity index (χ0n) is 13.6. The normalized spacial score (nSPS) is 10.3. The second-order valence-electron chi connectivity index (χ2n) is 5.55. The number of hydrogen-bond donors (Lipinski definition) is 2. The summed E-state index contributed by atoms with van der Waals surface area (Å²) in [6, 6.07) is 19.3. The van der Waals surface area contributed by atoms with Crippen molar-refractivity contribution in [2.75, 3.05) is 17.2 Å². The molecule has 0 aliphatic heterocycles. The Labute approximate surface area is 145 Å². The summed E-state index contributed by atoms with van der Waals surface area (Å²) in [7, 11) is 0. The van der Waals surface area contributed by atoms with Crippen molar-refractivity contribution < 1.29 is 9.18 Å². The largest absolute Gasteiger partial charge is 0.385 e. The predicted octanol–water partition coefficient (Wildman–Crippen LogP) is 4.13. The van der Waals surface area contributed by atoms with E-state index in [2.05, 4.69) is 27.8 Å². The average Bonchev–Trinajstić information content (AvgIpc) is 2.65. The highest BCUT2D eigenvalue weighted by Gasteiger charge is 2.08. The minimum Gasteiger partial charge on any atom is -0.385 e. The van der Waals surface area contributed by atoms with Crippen LogP contribution in [0.5, 0.6) is 0 Å². The van der Waals surface area contributed by atoms with E-state index in [4.69, 9.17) is 0 Å². The minimum absolute atomic E-state index is 0.300. The molecule has 1 aromatic heterocycles. The van der Waals surface area contributed by atoms with Crippen LogP contribution in [0.4, 0.5) is 15.8 Å². The molecule has 126 valence electrons. The highest BCUT2D eigenvalue weighted by atomic mass is 19.1. The molecular weight excluding hydrogens is 317 g/mol. The third kappa shape index (κ3) is 4.88. The van der Waals surface area contributed by atoms with Gasteiger partial charge in [0.2, 0.25) is 0 Å². The van der Waals surface area contributed by atoms with Crippen LogP contribution < -0.4 is 10.6 Å². The number of anilines is 2. The lowest BCUT2D eigenvalue weighted by atomic mass is 10.1. The third-order valence-electron chi connectivity index (χ3n) is 3.68. The molecule has 4 nitrogen and oxygen atoms in total. The number of aromatic nitrogens is 1.